The van der Waals surface area contributed by atoms with Crippen molar-refractivity contribution in [2.24, 2.45) is 0 Å². The Bertz CT molecular complexity index is 1590. The summed E-state index contributed by atoms with van der Waals surface area (Å²) in [5.74, 6) is 1.28. The predicted molar refractivity (Wildman–Crippen MR) is 189 cm³/mol. The number of rotatable bonds is 14. The van der Waals surface area contributed by atoms with Crippen LogP contribution >= 0.6 is 34.8 Å². The number of hydrogen-bond donors (Lipinski definition) is 2. The number of nitrogens with zero attached hydrogens (tertiary/aromatic N) is 1. The van der Waals surface area contributed by atoms with Gasteiger partial charge in [0, 0.05) is 56.0 Å². The van der Waals surface area contributed by atoms with E-state index in [0.717, 1.165) is 72.2 Å². The zero-order valence-electron chi connectivity index (χ0n) is 26.9. The number of carbonyl (C=O) groups excluding carboxylic acids is 1. The number of benzene rings is 3. The number of carbonyl (C=O) groups is 1. The molecule has 250 valence electrons. The zero-order valence-corrected chi connectivity index (χ0v) is 29.2. The molecule has 1 saturated carbocycles. The Balaban J connectivity index is 1.18. The Morgan fingerprint density at radius 3 is 2.38 bits per heavy atom. The van der Waals surface area contributed by atoms with Crippen molar-refractivity contribution in [3.05, 3.63) is 97.5 Å². The second-order valence-electron chi connectivity index (χ2n) is 12.6. The molecule has 7 nitrogen and oxygen atoms in total. The molecule has 1 saturated heterocycles. The number of hydrogen-bond acceptors (Lipinski definition) is 6. The van der Waals surface area contributed by atoms with Crippen molar-refractivity contribution >= 4 is 46.3 Å². The van der Waals surface area contributed by atoms with Gasteiger partial charge in [0.05, 0.1) is 16.1 Å². The van der Waals surface area contributed by atoms with Gasteiger partial charge in [-0.05, 0) is 97.2 Å². The summed E-state index contributed by atoms with van der Waals surface area (Å²) in [5.41, 5.74) is 6.17. The van der Waals surface area contributed by atoms with E-state index in [-0.39, 0.29) is 24.0 Å². The van der Waals surface area contributed by atoms with Crippen LogP contribution in [0.5, 0.6) is 11.5 Å². The molecule has 2 unspecified atom stereocenters. The lowest BCUT2D eigenvalue weighted by atomic mass is 9.83. The summed E-state index contributed by atoms with van der Waals surface area (Å²) in [6.45, 7) is 5.36. The molecule has 3 aromatic carbocycles. The van der Waals surface area contributed by atoms with E-state index in [4.69, 9.17) is 49.0 Å². The number of amides is 1. The van der Waals surface area contributed by atoms with E-state index in [1.807, 2.05) is 37.3 Å². The fourth-order valence-electron chi connectivity index (χ4n) is 6.54. The van der Waals surface area contributed by atoms with Gasteiger partial charge in [0.25, 0.3) is 5.91 Å². The van der Waals surface area contributed by atoms with E-state index in [9.17, 15) is 4.79 Å². The highest BCUT2D eigenvalue weighted by atomic mass is 35.5. The number of nitrogens with one attached hydrogen (secondary N) is 2. The quantitative estimate of drug-likeness (QED) is 0.173. The number of fused-ring (bicyclic) bond motifs is 2. The van der Waals surface area contributed by atoms with Crippen molar-refractivity contribution in [3.63, 3.8) is 0 Å². The Morgan fingerprint density at radius 1 is 0.915 bits per heavy atom. The predicted octanol–water partition coefficient (Wildman–Crippen LogP) is 7.27. The molecule has 0 radical (unpaired) electrons. The maximum Gasteiger partial charge on any atom is 0.252 e. The van der Waals surface area contributed by atoms with E-state index < -0.39 is 0 Å². The van der Waals surface area contributed by atoms with Crippen LogP contribution in [0.25, 0.3) is 5.57 Å². The topological polar surface area (TPSA) is 72.1 Å². The van der Waals surface area contributed by atoms with Crippen molar-refractivity contribution in [1.29, 1.82) is 0 Å². The van der Waals surface area contributed by atoms with Crippen LogP contribution < -0.4 is 20.1 Å². The first-order valence-electron chi connectivity index (χ1n) is 16.4. The third-order valence-corrected chi connectivity index (χ3v) is 9.92. The maximum atomic E-state index is 14.6. The summed E-state index contributed by atoms with van der Waals surface area (Å²) in [5, 5.41) is 8.91. The van der Waals surface area contributed by atoms with Crippen LogP contribution in [-0.4, -0.2) is 69.0 Å². The SMILES string of the molecule is COCCCc1ccc(Cl)c(CN(C(=O)C2=C(c3ccc(OCCOc4c(Cl)cc(C)cc4Cl)cc3)CC3CNCC2N3)C2CC2)c1. The van der Waals surface area contributed by atoms with Gasteiger partial charge < -0.3 is 29.7 Å². The minimum Gasteiger partial charge on any atom is -0.490 e. The molecule has 10 heteroatoms. The number of halogens is 3. The summed E-state index contributed by atoms with van der Waals surface area (Å²) in [7, 11) is 1.72. The molecule has 2 N–H and O–H groups in total. The molecule has 2 heterocycles. The Hall–Kier alpha value is -2.78. The second-order valence-corrected chi connectivity index (χ2v) is 13.9. The number of aryl methyl sites for hydroxylation is 2. The van der Waals surface area contributed by atoms with Crippen LogP contribution in [0.15, 0.2) is 60.2 Å². The molecular formula is C37H42Cl3N3O4. The van der Waals surface area contributed by atoms with Gasteiger partial charge in [-0.3, -0.25) is 4.79 Å². The van der Waals surface area contributed by atoms with E-state index in [0.29, 0.717) is 53.7 Å². The molecule has 2 atom stereocenters. The lowest BCUT2D eigenvalue weighted by molar-refractivity contribution is -0.128. The van der Waals surface area contributed by atoms with Crippen molar-refractivity contribution in [3.8, 4) is 11.5 Å². The molecule has 2 bridgehead atoms. The van der Waals surface area contributed by atoms with Crippen molar-refractivity contribution in [2.75, 3.05) is 40.0 Å². The number of methoxy groups -OCH3 is 1. The maximum absolute atomic E-state index is 14.6. The van der Waals surface area contributed by atoms with Crippen LogP contribution in [-0.2, 0) is 22.5 Å². The smallest absolute Gasteiger partial charge is 0.252 e. The summed E-state index contributed by atoms with van der Waals surface area (Å²) in [4.78, 5) is 16.6. The summed E-state index contributed by atoms with van der Waals surface area (Å²) >= 11 is 19.3. The first-order chi connectivity index (χ1) is 22.8. The van der Waals surface area contributed by atoms with E-state index >= 15 is 0 Å². The molecule has 1 aliphatic carbocycles. The first kappa shape index (κ1) is 34.1. The highest BCUT2D eigenvalue weighted by Gasteiger charge is 2.41. The van der Waals surface area contributed by atoms with Gasteiger partial charge in [0.15, 0.2) is 5.75 Å². The largest absolute Gasteiger partial charge is 0.490 e. The van der Waals surface area contributed by atoms with Crippen LogP contribution in [0.1, 0.15) is 47.9 Å². The summed E-state index contributed by atoms with van der Waals surface area (Å²) < 4.78 is 17.0. The fraction of sp³-hybridized carbons (Fsp3) is 0.432. The molecule has 3 aliphatic rings. The molecule has 2 aliphatic heterocycles. The number of piperazine rings is 1. The van der Waals surface area contributed by atoms with Crippen LogP contribution in [0.2, 0.25) is 15.1 Å². The van der Waals surface area contributed by atoms with Gasteiger partial charge in [-0.25, -0.2) is 0 Å². The third-order valence-electron chi connectivity index (χ3n) is 8.99. The molecule has 6 rings (SSSR count). The van der Waals surface area contributed by atoms with E-state index in [1.54, 1.807) is 7.11 Å². The van der Waals surface area contributed by atoms with E-state index in [1.165, 1.54) is 5.56 Å². The van der Waals surface area contributed by atoms with E-state index in [2.05, 4.69) is 39.8 Å². The van der Waals surface area contributed by atoms with Crippen molar-refractivity contribution < 1.29 is 19.0 Å². The normalized spacial score (nSPS) is 19.1. The minimum absolute atomic E-state index is 0.0596. The van der Waals surface area contributed by atoms with Gasteiger partial charge >= 0.3 is 0 Å². The number of ether oxygens (including phenoxy) is 3. The molecule has 1 amide bonds. The molecular weight excluding hydrogens is 657 g/mol. The van der Waals surface area contributed by atoms with Gasteiger partial charge in [0.1, 0.15) is 19.0 Å². The van der Waals surface area contributed by atoms with Crippen LogP contribution in [0.3, 0.4) is 0 Å². The average molecular weight is 699 g/mol. The van der Waals surface area contributed by atoms with Gasteiger partial charge in [0.2, 0.25) is 0 Å². The highest BCUT2D eigenvalue weighted by molar-refractivity contribution is 6.37. The van der Waals surface area contributed by atoms with Crippen LogP contribution in [0, 0.1) is 6.92 Å². The van der Waals surface area contributed by atoms with Gasteiger partial charge in [-0.2, -0.15) is 0 Å². The first-order valence-corrected chi connectivity index (χ1v) is 17.5. The fourth-order valence-corrected chi connectivity index (χ4v) is 7.42. The zero-order chi connectivity index (χ0) is 32.9. The van der Waals surface area contributed by atoms with Crippen molar-refractivity contribution in [1.82, 2.24) is 15.5 Å². The Labute approximate surface area is 292 Å². The van der Waals surface area contributed by atoms with Crippen LogP contribution in [0.4, 0.5) is 0 Å². The minimum atomic E-state index is -0.0596. The summed E-state index contributed by atoms with van der Waals surface area (Å²) in [6.07, 6.45) is 4.64. The monoisotopic (exact) mass is 697 g/mol. The molecule has 3 aromatic rings. The summed E-state index contributed by atoms with van der Waals surface area (Å²) in [6, 6.07) is 18.3. The molecule has 47 heavy (non-hydrogen) atoms. The standard InChI is InChI=1S/C37H42Cl3N3O4/c1-23-16-32(39)36(33(40)17-23)47-15-14-46-29-10-6-25(7-11-29)30-19-27-20-41-21-34(42-27)35(30)37(44)43(28-8-9-28)22-26-18-24(4-3-13-45-2)5-12-31(26)38/h5-7,10-12,16-18,27-28,34,41-42H,3-4,8-9,13-15,19-22H2,1-2H3. The lowest BCUT2D eigenvalue weighted by Gasteiger charge is -2.41. The second kappa shape index (κ2) is 15.6. The lowest BCUT2D eigenvalue weighted by Crippen LogP contribution is -2.60. The van der Waals surface area contributed by atoms with Gasteiger partial charge in [-0.15, -0.1) is 0 Å². The van der Waals surface area contributed by atoms with Crippen molar-refractivity contribution in [2.45, 2.75) is 63.7 Å². The Kier molecular flexibility index (Phi) is 11.3. The molecule has 0 aromatic heterocycles. The van der Waals surface area contributed by atoms with Gasteiger partial charge in [-0.1, -0.05) is 59.1 Å². The Morgan fingerprint density at radius 2 is 1.66 bits per heavy atom. The highest BCUT2D eigenvalue weighted by Crippen LogP contribution is 2.38. The average Bonchev–Trinajstić information content (AvgIpc) is 3.90. The molecule has 2 fully saturated rings. The third kappa shape index (κ3) is 8.45. The molecule has 0 spiro atoms.